The second-order valence-corrected chi connectivity index (χ2v) is 13.9. The highest BCUT2D eigenvalue weighted by Crippen LogP contribution is 2.44. The number of aromatic nitrogens is 3. The molecule has 1 atom stereocenters. The molecular weight excluding hydrogens is 627 g/mol. The van der Waals surface area contributed by atoms with Crippen LogP contribution in [0.5, 0.6) is 0 Å². The van der Waals surface area contributed by atoms with Gasteiger partial charge < -0.3 is 0 Å². The van der Waals surface area contributed by atoms with Gasteiger partial charge >= 0.3 is 0 Å². The summed E-state index contributed by atoms with van der Waals surface area (Å²) in [6, 6.07) is 51.7. The van der Waals surface area contributed by atoms with Crippen molar-refractivity contribution in [3.8, 4) is 56.2 Å². The lowest BCUT2D eigenvalue weighted by atomic mass is 9.98. The second kappa shape index (κ2) is 12.8. The van der Waals surface area contributed by atoms with Gasteiger partial charge in [-0.25, -0.2) is 15.0 Å². The number of hydrogen-bond donors (Lipinski definition) is 0. The molecule has 0 amide bonds. The van der Waals surface area contributed by atoms with Gasteiger partial charge in [0.1, 0.15) is 0 Å². The Kier molecular flexibility index (Phi) is 7.72. The fraction of sp³-hybridized carbons (Fsp3) is 0.0652. The van der Waals surface area contributed by atoms with E-state index < -0.39 is 0 Å². The third-order valence-corrected chi connectivity index (χ3v) is 10.8. The average Bonchev–Trinajstić information content (AvgIpc) is 3.58. The number of rotatable bonds is 6. The van der Waals surface area contributed by atoms with Crippen molar-refractivity contribution in [2.45, 2.75) is 13.3 Å². The Bertz CT molecular complexity index is 2550. The molecule has 8 aromatic rings. The van der Waals surface area contributed by atoms with Crippen LogP contribution in [0.3, 0.4) is 0 Å². The minimum atomic E-state index is 0.518. The van der Waals surface area contributed by atoms with Gasteiger partial charge in [0.15, 0.2) is 17.5 Å². The van der Waals surface area contributed by atoms with E-state index in [9.17, 15) is 0 Å². The first-order chi connectivity index (χ1) is 24.7. The number of hydrogen-bond acceptors (Lipinski definition) is 4. The van der Waals surface area contributed by atoms with Crippen molar-refractivity contribution in [3.63, 3.8) is 0 Å². The van der Waals surface area contributed by atoms with Gasteiger partial charge in [-0.2, -0.15) is 0 Å². The van der Waals surface area contributed by atoms with Crippen molar-refractivity contribution in [1.82, 2.24) is 15.0 Å². The maximum Gasteiger partial charge on any atom is 0.164 e. The van der Waals surface area contributed by atoms with Crippen LogP contribution in [0.25, 0.3) is 81.9 Å². The summed E-state index contributed by atoms with van der Waals surface area (Å²) in [7, 11) is 0. The Morgan fingerprint density at radius 1 is 0.460 bits per heavy atom. The summed E-state index contributed by atoms with van der Waals surface area (Å²) in [6.45, 7) is 2.22. The highest BCUT2D eigenvalue weighted by atomic mass is 32.1. The van der Waals surface area contributed by atoms with Gasteiger partial charge in [-0.3, -0.25) is 0 Å². The molecule has 0 N–H and O–H groups in total. The first-order valence-electron chi connectivity index (χ1n) is 17.1. The minimum absolute atomic E-state index is 0.518. The van der Waals surface area contributed by atoms with E-state index in [1.54, 1.807) is 0 Å². The van der Waals surface area contributed by atoms with Gasteiger partial charge in [0.05, 0.1) is 0 Å². The Hall–Kier alpha value is -5.97. The Morgan fingerprint density at radius 3 is 1.46 bits per heavy atom. The highest BCUT2D eigenvalue weighted by molar-refractivity contribution is 7.26. The molecule has 2 heterocycles. The van der Waals surface area contributed by atoms with Gasteiger partial charge in [-0.05, 0) is 45.7 Å². The maximum atomic E-state index is 4.98. The largest absolute Gasteiger partial charge is 0.208 e. The molecule has 4 heteroatoms. The van der Waals surface area contributed by atoms with Crippen LogP contribution in [-0.4, -0.2) is 15.0 Å². The van der Waals surface area contributed by atoms with Crippen LogP contribution in [-0.2, 0) is 0 Å². The van der Waals surface area contributed by atoms with Crippen molar-refractivity contribution in [2.24, 2.45) is 5.92 Å². The predicted octanol–water partition coefficient (Wildman–Crippen LogP) is 12.6. The summed E-state index contributed by atoms with van der Waals surface area (Å²) in [5.74, 6) is 2.59. The molecule has 2 aromatic heterocycles. The van der Waals surface area contributed by atoms with Crippen LogP contribution in [0, 0.1) is 5.92 Å². The summed E-state index contributed by atoms with van der Waals surface area (Å²) >= 11 is 1.88. The molecule has 0 bridgehead atoms. The Balaban J connectivity index is 1.09. The fourth-order valence-corrected chi connectivity index (χ4v) is 8.16. The first-order valence-corrected chi connectivity index (χ1v) is 17.9. The number of allylic oxidation sites excluding steroid dienone is 4. The zero-order chi connectivity index (χ0) is 33.4. The van der Waals surface area contributed by atoms with Gasteiger partial charge in [0, 0.05) is 36.9 Å². The average molecular weight is 660 g/mol. The van der Waals surface area contributed by atoms with Crippen LogP contribution >= 0.6 is 11.3 Å². The van der Waals surface area contributed by atoms with E-state index in [-0.39, 0.29) is 0 Å². The summed E-state index contributed by atoms with van der Waals surface area (Å²) in [6.07, 6.45) is 7.59. The summed E-state index contributed by atoms with van der Waals surface area (Å²) in [4.78, 5) is 14.8. The third-order valence-electron chi connectivity index (χ3n) is 9.52. The molecule has 0 spiro atoms. The summed E-state index contributed by atoms with van der Waals surface area (Å²) in [5, 5.41) is 2.58. The van der Waals surface area contributed by atoms with Crippen molar-refractivity contribution >= 4 is 37.1 Å². The lowest BCUT2D eigenvalue weighted by Crippen LogP contribution is -2.04. The third kappa shape index (κ3) is 5.64. The molecule has 0 aliphatic heterocycles. The van der Waals surface area contributed by atoms with Crippen molar-refractivity contribution < 1.29 is 0 Å². The van der Waals surface area contributed by atoms with Gasteiger partial charge in [-0.15, -0.1) is 11.3 Å². The van der Waals surface area contributed by atoms with Crippen LogP contribution in [0.15, 0.2) is 164 Å². The fourth-order valence-electron chi connectivity index (χ4n) is 6.79. The molecular formula is C46H33N3S. The van der Waals surface area contributed by atoms with Crippen LogP contribution in [0.1, 0.15) is 19.2 Å². The molecule has 0 saturated heterocycles. The predicted molar refractivity (Wildman–Crippen MR) is 211 cm³/mol. The van der Waals surface area contributed by atoms with E-state index in [1.807, 2.05) is 29.5 Å². The molecule has 238 valence electrons. The Labute approximate surface area is 296 Å². The second-order valence-electron chi connectivity index (χ2n) is 12.9. The van der Waals surface area contributed by atoms with E-state index in [2.05, 4.69) is 153 Å². The van der Waals surface area contributed by atoms with E-state index in [0.717, 1.165) is 23.1 Å². The standard InChI is InChI=1S/C46H33N3S/c1-30-18-20-36(21-19-30)45-47-44(35-12-6-3-7-13-35)48-46(49-45)37-28-26-34(27-29-37)39-15-9-17-41-40-16-8-14-38(42(40)50-43(39)41)33-24-22-32(23-25-33)31-10-4-2-5-11-31/h2-18,20-30H,19H2,1H3. The van der Waals surface area contributed by atoms with Crippen LogP contribution < -0.4 is 0 Å². The number of fused-ring (bicyclic) bond motifs is 3. The van der Waals surface area contributed by atoms with E-state index in [4.69, 9.17) is 15.0 Å². The van der Waals surface area contributed by atoms with Gasteiger partial charge in [0.25, 0.3) is 0 Å². The summed E-state index contributed by atoms with van der Waals surface area (Å²) in [5.41, 5.74) is 10.3. The van der Waals surface area contributed by atoms with Crippen LogP contribution in [0.4, 0.5) is 0 Å². The molecule has 1 aliphatic rings. The molecule has 1 aliphatic carbocycles. The Morgan fingerprint density at radius 2 is 0.920 bits per heavy atom. The normalized spacial score (nSPS) is 14.3. The number of benzene rings is 6. The molecule has 1 unspecified atom stereocenters. The molecule has 3 nitrogen and oxygen atoms in total. The van der Waals surface area contributed by atoms with Gasteiger partial charge in [0.2, 0.25) is 0 Å². The zero-order valence-corrected chi connectivity index (χ0v) is 28.4. The molecule has 0 fully saturated rings. The van der Waals surface area contributed by atoms with Crippen LogP contribution in [0.2, 0.25) is 0 Å². The van der Waals surface area contributed by atoms with Crippen molar-refractivity contribution in [1.29, 1.82) is 0 Å². The highest BCUT2D eigenvalue weighted by Gasteiger charge is 2.17. The zero-order valence-electron chi connectivity index (χ0n) is 27.6. The number of thiophene rings is 1. The smallest absolute Gasteiger partial charge is 0.164 e. The SMILES string of the molecule is CC1C=CC(c2nc(-c3ccccc3)nc(-c3ccc(-c4cccc5c4sc4c(-c6ccc(-c7ccccc7)cc6)cccc45)cc3)n2)=CC1. The first kappa shape index (κ1) is 30.1. The lowest BCUT2D eigenvalue weighted by molar-refractivity contribution is 0.738. The topological polar surface area (TPSA) is 38.7 Å². The maximum absolute atomic E-state index is 4.98. The van der Waals surface area contributed by atoms with E-state index in [1.165, 1.54) is 53.6 Å². The monoisotopic (exact) mass is 659 g/mol. The molecule has 6 aromatic carbocycles. The van der Waals surface area contributed by atoms with Crippen molar-refractivity contribution in [3.05, 3.63) is 170 Å². The minimum Gasteiger partial charge on any atom is -0.208 e. The van der Waals surface area contributed by atoms with E-state index >= 15 is 0 Å². The van der Waals surface area contributed by atoms with Gasteiger partial charge in [-0.1, -0.05) is 171 Å². The lowest BCUT2D eigenvalue weighted by Gasteiger charge is -2.13. The molecule has 0 saturated carbocycles. The molecule has 9 rings (SSSR count). The quantitative estimate of drug-likeness (QED) is 0.178. The molecule has 0 radical (unpaired) electrons. The van der Waals surface area contributed by atoms with Crippen molar-refractivity contribution in [2.75, 3.05) is 0 Å². The van der Waals surface area contributed by atoms with E-state index in [0.29, 0.717) is 23.4 Å². The molecule has 50 heavy (non-hydrogen) atoms. The number of nitrogens with zero attached hydrogens (tertiary/aromatic N) is 3. The summed E-state index contributed by atoms with van der Waals surface area (Å²) < 4.78 is 2.60.